The second kappa shape index (κ2) is 34.1. The molecule has 28 atom stereocenters. The molecule has 0 saturated carbocycles. The highest BCUT2D eigenvalue weighted by atomic mass is 16.7. The molecular formula is C65H116N4O22. The third kappa shape index (κ3) is 20.4. The number of likely N-dealkylation sites (N-methyl/N-ethyl adjacent to an activating group) is 4. The first-order valence-corrected chi connectivity index (χ1v) is 32.5. The number of carbonyl (C=O) groups is 3. The third-order valence-corrected chi connectivity index (χ3v) is 19.8. The Labute approximate surface area is 539 Å². The molecule has 91 heavy (non-hydrogen) atoms. The number of para-hydroxylation sites is 1. The predicted octanol–water partition coefficient (Wildman–Crippen LogP) is 0.424. The zero-order chi connectivity index (χ0) is 69.2. The molecular weight excluding hydrogens is 1190 g/mol. The zero-order valence-electron chi connectivity index (χ0n) is 57.1. The van der Waals surface area contributed by atoms with Gasteiger partial charge in [-0.25, -0.2) is 0 Å². The maximum absolute atomic E-state index is 13.4. The van der Waals surface area contributed by atoms with Crippen LogP contribution in [0.3, 0.4) is 0 Å². The van der Waals surface area contributed by atoms with Crippen LogP contribution in [0.25, 0.3) is 0 Å². The molecule has 1 aromatic carbocycles. The Hall–Kier alpha value is -3.33. The molecule has 4 heterocycles. The number of nitrogens with one attached hydrogen (secondary N) is 1. The first kappa shape index (κ1) is 80.1. The van der Waals surface area contributed by atoms with Gasteiger partial charge in [-0.05, 0) is 128 Å². The zero-order valence-corrected chi connectivity index (χ0v) is 57.1. The van der Waals surface area contributed by atoms with Crippen LogP contribution in [0.15, 0.2) is 30.3 Å². The fourth-order valence-corrected chi connectivity index (χ4v) is 13.5. The van der Waals surface area contributed by atoms with Crippen LogP contribution in [0.5, 0.6) is 5.75 Å². The first-order chi connectivity index (χ1) is 42.1. The summed E-state index contributed by atoms with van der Waals surface area (Å²) in [7, 11) is 6.61. The summed E-state index contributed by atoms with van der Waals surface area (Å²) in [5.41, 5.74) is -7.31. The molecule has 528 valence electrons. The van der Waals surface area contributed by atoms with Gasteiger partial charge >= 0.3 is 11.9 Å². The van der Waals surface area contributed by atoms with Crippen molar-refractivity contribution in [2.24, 2.45) is 23.7 Å². The van der Waals surface area contributed by atoms with Crippen LogP contribution in [-0.4, -0.2) is 286 Å². The summed E-state index contributed by atoms with van der Waals surface area (Å²) in [5, 5.41) is 139. The maximum Gasteiger partial charge on any atom is 0.311 e. The van der Waals surface area contributed by atoms with Gasteiger partial charge in [0, 0.05) is 62.9 Å². The number of carbonyl (C=O) groups excluding carboxylic acids is 3. The van der Waals surface area contributed by atoms with E-state index in [-0.39, 0.29) is 69.9 Å². The minimum atomic E-state index is -1.87. The normalized spacial score (nSPS) is 44.5. The molecule has 0 unspecified atom stereocenters. The fourth-order valence-electron chi connectivity index (χ4n) is 13.5. The number of rotatable bonds is 12. The van der Waals surface area contributed by atoms with E-state index < -0.39 is 168 Å². The summed E-state index contributed by atoms with van der Waals surface area (Å²) < 4.78 is 41.5. The average molecular weight is 1310 g/mol. The molecule has 0 radical (unpaired) electrons. The number of amides is 1. The van der Waals surface area contributed by atoms with Crippen molar-refractivity contribution in [3.63, 3.8) is 0 Å². The van der Waals surface area contributed by atoms with Crippen LogP contribution in [0.2, 0.25) is 0 Å². The van der Waals surface area contributed by atoms with Crippen molar-refractivity contribution in [3.05, 3.63) is 30.3 Å². The van der Waals surface area contributed by atoms with E-state index in [2.05, 4.69) is 5.32 Å². The smallest absolute Gasteiger partial charge is 0.311 e. The van der Waals surface area contributed by atoms with E-state index in [9.17, 15) is 75.7 Å². The molecule has 4 aliphatic rings. The second-order valence-electron chi connectivity index (χ2n) is 27.7. The molecule has 4 saturated heterocycles. The van der Waals surface area contributed by atoms with Gasteiger partial charge in [0.15, 0.2) is 12.6 Å². The molecule has 26 heteroatoms. The van der Waals surface area contributed by atoms with Crippen molar-refractivity contribution in [1.82, 2.24) is 20.0 Å². The number of ether oxygens (including phenoxy) is 7. The van der Waals surface area contributed by atoms with Gasteiger partial charge in [0.2, 0.25) is 5.91 Å². The highest BCUT2D eigenvalue weighted by Gasteiger charge is 2.53. The summed E-state index contributed by atoms with van der Waals surface area (Å²) in [6.07, 6.45) is -17.5. The fraction of sp³-hybridized carbons (Fsp3) is 0.862. The Morgan fingerprint density at radius 1 is 0.626 bits per heavy atom. The molecule has 1 amide bonds. The Morgan fingerprint density at radius 2 is 1.02 bits per heavy atom. The molecule has 26 nitrogen and oxygen atoms in total. The van der Waals surface area contributed by atoms with Crippen molar-refractivity contribution in [2.45, 2.75) is 286 Å². The lowest BCUT2D eigenvalue weighted by atomic mass is 9.79. The van der Waals surface area contributed by atoms with Crippen LogP contribution in [0.1, 0.15) is 142 Å². The van der Waals surface area contributed by atoms with Gasteiger partial charge in [-0.15, -0.1) is 0 Å². The van der Waals surface area contributed by atoms with Gasteiger partial charge in [0.1, 0.15) is 53.6 Å². The standard InChI is InChI=1S/C37H62N2O12.C28H54N2O10/c1-10-28-37(7,47)32(44)24(5)38(8)20-25(40)19-36(6,46)33(22(3)30(42)23(4)34(45)50-28)51-35-31(43)27(18-21(2)49-35)39(9)29(41)16-17-48-26-14-12-11-13-15-26;1-10-20-28(7,37)23(34)17(5)30(9)13-18(31)12-27(6,36)24(15(3)21(32)16(4)25(35)39-20)40-26-22(33)19(29-8)11-14(2)38-26/h11-15,21-25,27-28,30-33,35,40,42-44,46-47H,10,16-20H2,1-9H3;14-24,26,29,31-34,36-37H,10-13H2,1-9H3/t21-,22+,23-,24-,25-,27+,28-,30+,31-,32-,33-,35+,36-,37-;14-,15+,16-,17-,18-,19+,20-,21+,22-,23-,24-,26+,27-,28-/m11/s1. The molecule has 0 aromatic heterocycles. The van der Waals surface area contributed by atoms with E-state index in [0.29, 0.717) is 18.6 Å². The summed E-state index contributed by atoms with van der Waals surface area (Å²) >= 11 is 0. The van der Waals surface area contributed by atoms with E-state index in [1.54, 1.807) is 98.6 Å². The Morgan fingerprint density at radius 3 is 1.42 bits per heavy atom. The largest absolute Gasteiger partial charge is 0.493 e. The minimum absolute atomic E-state index is 0.0242. The van der Waals surface area contributed by atoms with E-state index in [1.807, 2.05) is 25.1 Å². The summed E-state index contributed by atoms with van der Waals surface area (Å²) in [4.78, 5) is 44.5. The Balaban J connectivity index is 0.000000400. The highest BCUT2D eigenvalue weighted by Crippen LogP contribution is 2.39. The summed E-state index contributed by atoms with van der Waals surface area (Å²) in [6.45, 7) is 22.3. The van der Waals surface area contributed by atoms with E-state index >= 15 is 0 Å². The Kier molecular flexibility index (Phi) is 30.0. The summed E-state index contributed by atoms with van der Waals surface area (Å²) in [6, 6.07) is 6.67. The van der Waals surface area contributed by atoms with E-state index in [0.717, 1.165) is 0 Å². The molecule has 4 aliphatic heterocycles. The molecule has 5 rings (SSSR count). The number of β-amino-alcohol motifs (C(OH)–C–C–N with tert-alkyl or cyclic N) is 2. The van der Waals surface area contributed by atoms with Crippen molar-refractivity contribution in [2.75, 3.05) is 47.9 Å². The van der Waals surface area contributed by atoms with Gasteiger partial charge in [-0.1, -0.05) is 45.9 Å². The lowest BCUT2D eigenvalue weighted by Crippen LogP contribution is -2.60. The number of aliphatic hydroxyl groups excluding tert-OH is 8. The number of hydrogen-bond donors (Lipinski definition) is 13. The van der Waals surface area contributed by atoms with Crippen LogP contribution >= 0.6 is 0 Å². The predicted molar refractivity (Wildman–Crippen MR) is 335 cm³/mol. The van der Waals surface area contributed by atoms with Crippen molar-refractivity contribution >= 4 is 17.8 Å². The van der Waals surface area contributed by atoms with Gasteiger partial charge in [-0.3, -0.25) is 24.2 Å². The molecule has 1 aromatic rings. The number of aliphatic hydroxyl groups is 12. The lowest BCUT2D eigenvalue weighted by Gasteiger charge is -2.47. The topological polar surface area (TPSA) is 380 Å². The molecule has 13 N–H and O–H groups in total. The van der Waals surface area contributed by atoms with Crippen LogP contribution in [0, 0.1) is 23.7 Å². The number of esters is 2. The SMILES string of the molecule is CC[C@H]1OC(=O)[C@H](C)[C@@H](O)[C@H](C)[C@@H](O[C@@H]2O[C@H](C)C[C@H](N(C)C(=O)CCOc3ccccc3)[C@H]2O)[C@](C)(O)C[C@@H](O)CN(C)[C@H](C)[C@@H](O)[C@]1(C)O.CC[C@H]1OC(=O)[C@H](C)[C@@H](O)[C@H](C)[C@@H](O[C@@H]2O[C@H](C)C[C@H](NC)[C@H]2O)[C@](C)(O)C[C@@H](O)CN(C)[C@H](C)[C@@H](O)[C@]1(C)O. The van der Waals surface area contributed by atoms with Crippen LogP contribution in [-0.2, 0) is 42.8 Å². The quantitative estimate of drug-likeness (QED) is 0.126. The second-order valence-corrected chi connectivity index (χ2v) is 27.7. The maximum atomic E-state index is 13.4. The average Bonchev–Trinajstić information content (AvgIpc) is 1.68. The van der Waals surface area contributed by atoms with Crippen LogP contribution in [0.4, 0.5) is 0 Å². The first-order valence-electron chi connectivity index (χ1n) is 32.5. The minimum Gasteiger partial charge on any atom is -0.493 e. The molecule has 0 spiro atoms. The van der Waals surface area contributed by atoms with Gasteiger partial charge in [0.05, 0.1) is 90.9 Å². The van der Waals surface area contributed by atoms with E-state index in [1.165, 1.54) is 46.4 Å². The summed E-state index contributed by atoms with van der Waals surface area (Å²) in [5.74, 6) is -5.42. The Bertz CT molecular complexity index is 2380. The highest BCUT2D eigenvalue weighted by molar-refractivity contribution is 5.76. The van der Waals surface area contributed by atoms with Gasteiger partial charge in [0.25, 0.3) is 0 Å². The number of nitrogens with zero attached hydrogens (tertiary/aromatic N) is 3. The lowest BCUT2D eigenvalue weighted by molar-refractivity contribution is -0.299. The van der Waals surface area contributed by atoms with Crippen molar-refractivity contribution in [1.29, 1.82) is 0 Å². The molecule has 0 aliphatic carbocycles. The number of benzene rings is 1. The van der Waals surface area contributed by atoms with Crippen molar-refractivity contribution < 1.29 is 109 Å². The third-order valence-electron chi connectivity index (χ3n) is 19.8. The van der Waals surface area contributed by atoms with Gasteiger partial charge < -0.3 is 105 Å². The van der Waals surface area contributed by atoms with Crippen LogP contribution < -0.4 is 10.1 Å². The van der Waals surface area contributed by atoms with Gasteiger partial charge in [-0.2, -0.15) is 0 Å². The molecule has 0 bridgehead atoms. The molecule has 4 fully saturated rings. The number of cyclic esters (lactones) is 2. The monoisotopic (exact) mass is 1300 g/mol. The van der Waals surface area contributed by atoms with E-state index in [4.69, 9.17) is 33.2 Å². The number of hydrogen-bond acceptors (Lipinski definition) is 25. The van der Waals surface area contributed by atoms with Crippen molar-refractivity contribution in [3.8, 4) is 5.75 Å².